The van der Waals surface area contributed by atoms with Crippen LogP contribution >= 0.6 is 15.9 Å². The predicted molar refractivity (Wildman–Crippen MR) is 64.0 cm³/mol. The van der Waals surface area contributed by atoms with E-state index < -0.39 is 0 Å². The van der Waals surface area contributed by atoms with Crippen LogP contribution in [0.1, 0.15) is 22.3 Å². The molecule has 0 aromatic heterocycles. The molecule has 1 aromatic carbocycles. The standard InChI is InChI=1S/C12H10BrNO2/c13-8-2-1-7-3-5-14-6-4-9(15)12(16)10(8)11(7)14/h1-2H,3-6H2. The van der Waals surface area contributed by atoms with Crippen LogP contribution in [-0.4, -0.2) is 24.7 Å². The van der Waals surface area contributed by atoms with Crippen LogP contribution in [0.2, 0.25) is 0 Å². The molecule has 2 aliphatic rings. The van der Waals surface area contributed by atoms with Crippen molar-refractivity contribution in [2.24, 2.45) is 0 Å². The minimum absolute atomic E-state index is 0.275. The van der Waals surface area contributed by atoms with Gasteiger partial charge in [-0.1, -0.05) is 6.07 Å². The topological polar surface area (TPSA) is 37.4 Å². The molecule has 0 amide bonds. The number of anilines is 1. The summed E-state index contributed by atoms with van der Waals surface area (Å²) in [6.07, 6.45) is 1.30. The number of carbonyl (C=O) groups is 2. The fourth-order valence-electron chi connectivity index (χ4n) is 2.47. The second-order valence-corrected chi connectivity index (χ2v) is 5.02. The van der Waals surface area contributed by atoms with Crippen molar-refractivity contribution in [3.8, 4) is 0 Å². The Morgan fingerprint density at radius 3 is 2.69 bits per heavy atom. The first-order chi connectivity index (χ1) is 7.68. The fraction of sp³-hybridized carbons (Fsp3) is 0.333. The summed E-state index contributed by atoms with van der Waals surface area (Å²) in [5.41, 5.74) is 2.73. The fourth-order valence-corrected chi connectivity index (χ4v) is 2.97. The first-order valence-corrected chi connectivity index (χ1v) is 6.11. The van der Waals surface area contributed by atoms with E-state index in [0.29, 0.717) is 18.5 Å². The predicted octanol–water partition coefficient (Wildman–Crippen LogP) is 1.97. The summed E-state index contributed by atoms with van der Waals surface area (Å²) in [6.45, 7) is 1.58. The Morgan fingerprint density at radius 1 is 1.12 bits per heavy atom. The van der Waals surface area contributed by atoms with Gasteiger partial charge < -0.3 is 4.90 Å². The molecule has 2 heterocycles. The summed E-state index contributed by atoms with van der Waals surface area (Å²) < 4.78 is 0.735. The zero-order chi connectivity index (χ0) is 11.3. The maximum absolute atomic E-state index is 12.0. The molecule has 1 aromatic rings. The van der Waals surface area contributed by atoms with Crippen LogP contribution in [0.3, 0.4) is 0 Å². The summed E-state index contributed by atoms with van der Waals surface area (Å²) in [6, 6.07) is 3.90. The average Bonchev–Trinajstić information content (AvgIpc) is 2.63. The molecule has 3 rings (SSSR count). The van der Waals surface area contributed by atoms with Crippen LogP contribution < -0.4 is 4.90 Å². The molecule has 0 fully saturated rings. The molecule has 16 heavy (non-hydrogen) atoms. The Labute approximate surface area is 102 Å². The van der Waals surface area contributed by atoms with Crippen molar-refractivity contribution in [3.05, 3.63) is 27.7 Å². The van der Waals surface area contributed by atoms with Crippen LogP contribution in [0.25, 0.3) is 0 Å². The number of rotatable bonds is 0. The van der Waals surface area contributed by atoms with Crippen LogP contribution in [-0.2, 0) is 11.2 Å². The third-order valence-electron chi connectivity index (χ3n) is 3.27. The molecule has 0 spiro atoms. The molecule has 0 saturated carbocycles. The van der Waals surface area contributed by atoms with E-state index in [1.807, 2.05) is 12.1 Å². The summed E-state index contributed by atoms with van der Waals surface area (Å²) in [7, 11) is 0. The van der Waals surface area contributed by atoms with Gasteiger partial charge in [0.2, 0.25) is 11.6 Å². The Kier molecular flexibility index (Phi) is 2.14. The van der Waals surface area contributed by atoms with Crippen LogP contribution in [0.15, 0.2) is 16.6 Å². The zero-order valence-corrected chi connectivity index (χ0v) is 10.2. The molecule has 0 N–H and O–H groups in total. The number of nitrogens with zero attached hydrogens (tertiary/aromatic N) is 1. The van der Waals surface area contributed by atoms with Gasteiger partial charge >= 0.3 is 0 Å². The normalized spacial score (nSPS) is 18.7. The third-order valence-corrected chi connectivity index (χ3v) is 3.93. The molecule has 0 atom stereocenters. The quantitative estimate of drug-likeness (QED) is 0.682. The highest BCUT2D eigenvalue weighted by Crippen LogP contribution is 2.38. The average molecular weight is 280 g/mol. The van der Waals surface area contributed by atoms with E-state index in [4.69, 9.17) is 0 Å². The van der Waals surface area contributed by atoms with E-state index in [9.17, 15) is 9.59 Å². The van der Waals surface area contributed by atoms with E-state index in [-0.39, 0.29) is 11.6 Å². The van der Waals surface area contributed by atoms with Crippen molar-refractivity contribution in [2.75, 3.05) is 18.0 Å². The highest BCUT2D eigenvalue weighted by atomic mass is 79.9. The lowest BCUT2D eigenvalue weighted by Gasteiger charge is -2.18. The molecular formula is C12H10BrNO2. The lowest BCUT2D eigenvalue weighted by molar-refractivity contribution is -0.114. The lowest BCUT2D eigenvalue weighted by atomic mass is 10.0. The van der Waals surface area contributed by atoms with Gasteiger partial charge in [0, 0.05) is 24.0 Å². The van der Waals surface area contributed by atoms with Gasteiger partial charge in [-0.2, -0.15) is 0 Å². The minimum Gasteiger partial charge on any atom is -0.370 e. The molecule has 0 saturated heterocycles. The number of benzene rings is 1. The van der Waals surface area contributed by atoms with Crippen molar-refractivity contribution in [1.82, 2.24) is 0 Å². The van der Waals surface area contributed by atoms with Crippen LogP contribution in [0, 0.1) is 0 Å². The van der Waals surface area contributed by atoms with Gasteiger partial charge in [0.1, 0.15) is 0 Å². The Bertz CT molecular complexity index is 510. The molecule has 4 heteroatoms. The second-order valence-electron chi connectivity index (χ2n) is 4.17. The van der Waals surface area contributed by atoms with Gasteiger partial charge in [0.05, 0.1) is 11.3 Å². The molecule has 82 valence electrons. The first kappa shape index (κ1) is 10.0. The third kappa shape index (κ3) is 1.26. The van der Waals surface area contributed by atoms with Crippen molar-refractivity contribution < 1.29 is 9.59 Å². The maximum Gasteiger partial charge on any atom is 0.231 e. The van der Waals surface area contributed by atoms with Gasteiger partial charge in [-0.05, 0) is 34.0 Å². The number of halogens is 1. The molecule has 0 radical (unpaired) electrons. The SMILES string of the molecule is O=C1CCN2CCc3ccc(Br)c(c32)C1=O. The van der Waals surface area contributed by atoms with Crippen molar-refractivity contribution in [1.29, 1.82) is 0 Å². The molecular weight excluding hydrogens is 270 g/mol. The van der Waals surface area contributed by atoms with E-state index in [1.54, 1.807) is 0 Å². The number of hydrogen-bond acceptors (Lipinski definition) is 3. The molecule has 0 unspecified atom stereocenters. The summed E-state index contributed by atoms with van der Waals surface area (Å²) in [5.74, 6) is -0.614. The Balaban J connectivity index is 2.30. The van der Waals surface area contributed by atoms with Gasteiger partial charge in [0.25, 0.3) is 0 Å². The summed E-state index contributed by atoms with van der Waals surface area (Å²) >= 11 is 3.37. The number of Topliss-reactive ketones (excluding diaryl/α,β-unsaturated/α-hetero) is 2. The summed E-state index contributed by atoms with van der Waals surface area (Å²) in [5, 5.41) is 0. The molecule has 0 aliphatic carbocycles. The Hall–Kier alpha value is -1.16. The van der Waals surface area contributed by atoms with Crippen LogP contribution in [0.4, 0.5) is 5.69 Å². The Morgan fingerprint density at radius 2 is 1.88 bits per heavy atom. The molecule has 3 nitrogen and oxygen atoms in total. The number of hydrogen-bond donors (Lipinski definition) is 0. The highest BCUT2D eigenvalue weighted by Gasteiger charge is 2.33. The monoisotopic (exact) mass is 279 g/mol. The van der Waals surface area contributed by atoms with E-state index in [0.717, 1.165) is 23.1 Å². The van der Waals surface area contributed by atoms with E-state index in [1.165, 1.54) is 5.56 Å². The number of ketones is 2. The van der Waals surface area contributed by atoms with Crippen molar-refractivity contribution in [3.63, 3.8) is 0 Å². The van der Waals surface area contributed by atoms with Crippen molar-refractivity contribution >= 4 is 33.2 Å². The molecule has 2 aliphatic heterocycles. The van der Waals surface area contributed by atoms with E-state index >= 15 is 0 Å². The smallest absolute Gasteiger partial charge is 0.231 e. The largest absolute Gasteiger partial charge is 0.370 e. The zero-order valence-electron chi connectivity index (χ0n) is 8.62. The minimum atomic E-state index is -0.340. The van der Waals surface area contributed by atoms with Gasteiger partial charge in [-0.15, -0.1) is 0 Å². The van der Waals surface area contributed by atoms with Gasteiger partial charge in [0.15, 0.2) is 0 Å². The van der Waals surface area contributed by atoms with Gasteiger partial charge in [-0.3, -0.25) is 9.59 Å². The molecule has 0 bridgehead atoms. The number of carbonyl (C=O) groups excluding carboxylic acids is 2. The first-order valence-electron chi connectivity index (χ1n) is 5.32. The lowest BCUT2D eigenvalue weighted by Crippen LogP contribution is -2.22. The van der Waals surface area contributed by atoms with Crippen LogP contribution in [0.5, 0.6) is 0 Å². The van der Waals surface area contributed by atoms with Crippen molar-refractivity contribution in [2.45, 2.75) is 12.8 Å². The second kappa shape index (κ2) is 3.42. The van der Waals surface area contributed by atoms with E-state index in [2.05, 4.69) is 20.8 Å². The maximum atomic E-state index is 12.0. The summed E-state index contributed by atoms with van der Waals surface area (Å²) in [4.78, 5) is 25.7. The highest BCUT2D eigenvalue weighted by molar-refractivity contribution is 9.10. The van der Waals surface area contributed by atoms with Gasteiger partial charge in [-0.25, -0.2) is 0 Å².